The fourth-order valence-corrected chi connectivity index (χ4v) is 7.61. The highest BCUT2D eigenvalue weighted by Gasteiger charge is 2.14. The maximum absolute atomic E-state index is 5.20. The molecule has 4 heteroatoms. The van der Waals surface area contributed by atoms with Crippen molar-refractivity contribution in [1.82, 2.24) is 19.9 Å². The highest BCUT2D eigenvalue weighted by Crippen LogP contribution is 2.35. The standard InChI is InChI=1S/C53H36N4/c1-35-33-47(40-13-7-3-8-14-40)46-31-29-44-30-32-48(55-51(44)52(46)54-35)41-23-17-38(18-24-41)39-21-27-43(28-22-39)50-34-49(56-53(57-50)45-15-9-4-10-16-45)42-25-19-37(20-26-42)36-11-5-2-6-12-36/h2-34H,1H3. The van der Waals surface area contributed by atoms with Crippen molar-refractivity contribution < 1.29 is 0 Å². The summed E-state index contributed by atoms with van der Waals surface area (Å²) in [5.41, 5.74) is 16.6. The SMILES string of the molecule is Cc1cc(-c2ccccc2)c2ccc3ccc(-c4ccc(-c5ccc(-c6cc(-c7ccc(-c8ccccc8)cc7)nc(-c7ccccc7)n6)cc5)cc4)nc3c2n1. The van der Waals surface area contributed by atoms with E-state index in [1.165, 1.54) is 22.3 Å². The molecule has 0 N–H and O–H groups in total. The van der Waals surface area contributed by atoms with Crippen LogP contribution in [0.2, 0.25) is 0 Å². The molecule has 0 radical (unpaired) electrons. The second-order valence-corrected chi connectivity index (χ2v) is 14.3. The van der Waals surface area contributed by atoms with E-state index >= 15 is 0 Å². The highest BCUT2D eigenvalue weighted by atomic mass is 14.9. The predicted molar refractivity (Wildman–Crippen MR) is 235 cm³/mol. The molecule has 0 amide bonds. The minimum Gasteiger partial charge on any atom is -0.251 e. The second kappa shape index (κ2) is 14.6. The third-order valence-corrected chi connectivity index (χ3v) is 10.6. The van der Waals surface area contributed by atoms with Gasteiger partial charge in [0.05, 0.1) is 28.1 Å². The monoisotopic (exact) mass is 728 g/mol. The smallest absolute Gasteiger partial charge is 0.160 e. The quantitative estimate of drug-likeness (QED) is 0.153. The molecule has 0 atom stereocenters. The Bertz CT molecular complexity index is 3020. The van der Waals surface area contributed by atoms with Gasteiger partial charge < -0.3 is 0 Å². The van der Waals surface area contributed by atoms with Crippen LogP contribution < -0.4 is 0 Å². The molecule has 0 unspecified atom stereocenters. The Hall–Kier alpha value is -7.56. The van der Waals surface area contributed by atoms with E-state index in [4.69, 9.17) is 19.9 Å². The lowest BCUT2D eigenvalue weighted by Gasteiger charge is -2.12. The second-order valence-electron chi connectivity index (χ2n) is 14.3. The number of aromatic nitrogens is 4. The van der Waals surface area contributed by atoms with Crippen molar-refractivity contribution in [2.24, 2.45) is 0 Å². The molecule has 0 fully saturated rings. The van der Waals surface area contributed by atoms with E-state index in [1.807, 2.05) is 30.3 Å². The number of rotatable bonds is 7. The van der Waals surface area contributed by atoms with Gasteiger partial charge in [-0.25, -0.2) is 15.0 Å². The number of hydrogen-bond donors (Lipinski definition) is 0. The van der Waals surface area contributed by atoms with Gasteiger partial charge in [-0.2, -0.15) is 0 Å². The van der Waals surface area contributed by atoms with Crippen LogP contribution in [0.15, 0.2) is 200 Å². The van der Waals surface area contributed by atoms with E-state index in [0.29, 0.717) is 5.82 Å². The average Bonchev–Trinajstić information content (AvgIpc) is 3.29. The van der Waals surface area contributed by atoms with Gasteiger partial charge in [0.25, 0.3) is 0 Å². The van der Waals surface area contributed by atoms with E-state index in [2.05, 4.69) is 177 Å². The van der Waals surface area contributed by atoms with E-state index in [0.717, 1.165) is 78.0 Å². The Morgan fingerprint density at radius 3 is 1.28 bits per heavy atom. The molecule has 4 nitrogen and oxygen atoms in total. The van der Waals surface area contributed by atoms with Crippen molar-refractivity contribution in [2.75, 3.05) is 0 Å². The first-order valence-electron chi connectivity index (χ1n) is 19.2. The molecular weight excluding hydrogens is 693 g/mol. The van der Waals surface area contributed by atoms with Crippen molar-refractivity contribution in [3.63, 3.8) is 0 Å². The molecule has 0 aliphatic rings. The van der Waals surface area contributed by atoms with Gasteiger partial charge in [-0.3, -0.25) is 4.98 Å². The lowest BCUT2D eigenvalue weighted by atomic mass is 9.98. The fourth-order valence-electron chi connectivity index (χ4n) is 7.61. The Kier molecular flexibility index (Phi) is 8.69. The largest absolute Gasteiger partial charge is 0.251 e. The first-order chi connectivity index (χ1) is 28.1. The molecule has 10 rings (SSSR count). The normalized spacial score (nSPS) is 11.2. The Morgan fingerprint density at radius 2 is 0.737 bits per heavy atom. The molecule has 0 saturated carbocycles. The van der Waals surface area contributed by atoms with Crippen LogP contribution in [-0.2, 0) is 0 Å². The third-order valence-electron chi connectivity index (χ3n) is 10.6. The minimum absolute atomic E-state index is 0.702. The Labute approximate surface area is 331 Å². The van der Waals surface area contributed by atoms with Crippen molar-refractivity contribution in [3.05, 3.63) is 206 Å². The molecule has 0 aliphatic carbocycles. The van der Waals surface area contributed by atoms with Gasteiger partial charge in [-0.1, -0.05) is 182 Å². The summed E-state index contributed by atoms with van der Waals surface area (Å²) in [6.07, 6.45) is 0. The zero-order valence-corrected chi connectivity index (χ0v) is 31.3. The molecule has 0 bridgehead atoms. The highest BCUT2D eigenvalue weighted by molar-refractivity contribution is 6.08. The molecule has 3 aromatic heterocycles. The van der Waals surface area contributed by atoms with E-state index in [9.17, 15) is 0 Å². The molecular formula is C53H36N4. The summed E-state index contributed by atoms with van der Waals surface area (Å²) in [7, 11) is 0. The minimum atomic E-state index is 0.702. The van der Waals surface area contributed by atoms with E-state index in [1.54, 1.807) is 0 Å². The topological polar surface area (TPSA) is 51.6 Å². The maximum Gasteiger partial charge on any atom is 0.160 e. The van der Waals surface area contributed by atoms with Gasteiger partial charge in [0.15, 0.2) is 5.82 Å². The first kappa shape index (κ1) is 34.0. The number of fused-ring (bicyclic) bond motifs is 3. The Morgan fingerprint density at radius 1 is 0.298 bits per heavy atom. The van der Waals surface area contributed by atoms with Gasteiger partial charge in [0.1, 0.15) is 0 Å². The van der Waals surface area contributed by atoms with Gasteiger partial charge in [-0.15, -0.1) is 0 Å². The predicted octanol–water partition coefficient (Wildman–Crippen LogP) is 13.6. The molecule has 3 heterocycles. The molecule has 0 saturated heterocycles. The zero-order valence-electron chi connectivity index (χ0n) is 31.3. The number of benzene rings is 7. The first-order valence-corrected chi connectivity index (χ1v) is 19.2. The summed E-state index contributed by atoms with van der Waals surface area (Å²) in [5.74, 6) is 0.702. The van der Waals surface area contributed by atoms with Gasteiger partial charge in [0.2, 0.25) is 0 Å². The Balaban J connectivity index is 0.952. The van der Waals surface area contributed by atoms with E-state index in [-0.39, 0.29) is 0 Å². The molecule has 0 aliphatic heterocycles. The summed E-state index contributed by atoms with van der Waals surface area (Å²) >= 11 is 0. The van der Waals surface area contributed by atoms with Crippen LogP contribution >= 0.6 is 0 Å². The van der Waals surface area contributed by atoms with Crippen LogP contribution in [0, 0.1) is 6.92 Å². The summed E-state index contributed by atoms with van der Waals surface area (Å²) in [4.78, 5) is 20.3. The van der Waals surface area contributed by atoms with Gasteiger partial charge >= 0.3 is 0 Å². The molecule has 57 heavy (non-hydrogen) atoms. The molecule has 10 aromatic rings. The zero-order chi connectivity index (χ0) is 38.1. The molecule has 0 spiro atoms. The number of hydrogen-bond acceptors (Lipinski definition) is 4. The maximum atomic E-state index is 5.20. The van der Waals surface area contributed by atoms with E-state index < -0.39 is 0 Å². The van der Waals surface area contributed by atoms with Crippen LogP contribution in [0.1, 0.15) is 5.69 Å². The third kappa shape index (κ3) is 6.75. The van der Waals surface area contributed by atoms with Crippen LogP contribution in [0.5, 0.6) is 0 Å². The van der Waals surface area contributed by atoms with Crippen LogP contribution in [0.4, 0.5) is 0 Å². The summed E-state index contributed by atoms with van der Waals surface area (Å²) in [6, 6.07) is 69.9. The summed E-state index contributed by atoms with van der Waals surface area (Å²) in [5, 5.41) is 2.18. The summed E-state index contributed by atoms with van der Waals surface area (Å²) in [6.45, 7) is 2.05. The van der Waals surface area contributed by atoms with Crippen molar-refractivity contribution >= 4 is 21.8 Å². The van der Waals surface area contributed by atoms with Gasteiger partial charge in [-0.05, 0) is 58.5 Å². The van der Waals surface area contributed by atoms with Crippen molar-refractivity contribution in [1.29, 1.82) is 0 Å². The van der Waals surface area contributed by atoms with Crippen LogP contribution in [0.25, 0.3) is 100 Å². The molecule has 7 aromatic carbocycles. The lowest BCUT2D eigenvalue weighted by molar-refractivity contribution is 1.18. The van der Waals surface area contributed by atoms with Gasteiger partial charge in [0, 0.05) is 38.7 Å². The fraction of sp³-hybridized carbons (Fsp3) is 0.0189. The van der Waals surface area contributed by atoms with Crippen LogP contribution in [0.3, 0.4) is 0 Å². The number of nitrogens with zero attached hydrogens (tertiary/aromatic N) is 4. The summed E-state index contributed by atoms with van der Waals surface area (Å²) < 4.78 is 0. The lowest BCUT2D eigenvalue weighted by Crippen LogP contribution is -1.96. The van der Waals surface area contributed by atoms with Crippen molar-refractivity contribution in [2.45, 2.75) is 6.92 Å². The number of aryl methyl sites for hydroxylation is 1. The van der Waals surface area contributed by atoms with Crippen molar-refractivity contribution in [3.8, 4) is 78.5 Å². The van der Waals surface area contributed by atoms with Crippen LogP contribution in [-0.4, -0.2) is 19.9 Å². The average molecular weight is 729 g/mol. The number of pyridine rings is 2. The molecule has 268 valence electrons.